The van der Waals surface area contributed by atoms with E-state index >= 15 is 0 Å². The van der Waals surface area contributed by atoms with Gasteiger partial charge in [0.25, 0.3) is 15.9 Å². The van der Waals surface area contributed by atoms with Crippen molar-refractivity contribution in [2.24, 2.45) is 0 Å². The number of hydrogen-bond acceptors (Lipinski definition) is 6. The molecule has 0 spiro atoms. The van der Waals surface area contributed by atoms with Gasteiger partial charge in [-0.3, -0.25) is 9.10 Å². The molecular weight excluding hydrogens is 440 g/mol. The van der Waals surface area contributed by atoms with Crippen LogP contribution in [0.1, 0.15) is 4.88 Å². The minimum Gasteiger partial charge on any atom is -0.484 e. The Morgan fingerprint density at radius 2 is 1.80 bits per heavy atom. The molecule has 0 saturated heterocycles. The molecule has 1 aromatic carbocycles. The van der Waals surface area contributed by atoms with Gasteiger partial charge in [-0.05, 0) is 47.2 Å². The third-order valence-corrected chi connectivity index (χ3v) is 8.32. The van der Waals surface area contributed by atoms with E-state index in [1.54, 1.807) is 64.1 Å². The quantitative estimate of drug-likeness (QED) is 0.423. The number of hydrogen-bond donors (Lipinski definition) is 0. The fourth-order valence-corrected chi connectivity index (χ4v) is 5.75. The molecule has 0 atom stereocenters. The van der Waals surface area contributed by atoms with Gasteiger partial charge in [0.2, 0.25) is 0 Å². The molecule has 9 heteroatoms. The molecule has 2 aromatic heterocycles. The summed E-state index contributed by atoms with van der Waals surface area (Å²) < 4.78 is 32.3. The summed E-state index contributed by atoms with van der Waals surface area (Å²) in [5.74, 6) is 0.341. The van der Waals surface area contributed by atoms with Crippen LogP contribution in [0.4, 0.5) is 5.69 Å². The lowest BCUT2D eigenvalue weighted by Gasteiger charge is -2.21. The monoisotopic (exact) mass is 462 g/mol. The normalized spacial score (nSPS) is 11.1. The Morgan fingerprint density at radius 3 is 2.40 bits per heavy atom. The zero-order chi connectivity index (χ0) is 21.6. The van der Waals surface area contributed by atoms with E-state index in [0.29, 0.717) is 24.5 Å². The summed E-state index contributed by atoms with van der Waals surface area (Å²) in [6.45, 7) is 4.55. The summed E-state index contributed by atoms with van der Waals surface area (Å²) in [5, 5.41) is 3.70. The molecule has 6 nitrogen and oxygen atoms in total. The average molecular weight is 463 g/mol. The first-order valence-corrected chi connectivity index (χ1v) is 12.3. The van der Waals surface area contributed by atoms with Crippen LogP contribution in [0.2, 0.25) is 0 Å². The first-order chi connectivity index (χ1) is 14.4. The lowest BCUT2D eigenvalue weighted by Crippen LogP contribution is -2.34. The summed E-state index contributed by atoms with van der Waals surface area (Å²) in [5.41, 5.74) is 0.507. The van der Waals surface area contributed by atoms with Crippen molar-refractivity contribution in [3.63, 3.8) is 0 Å². The number of carbonyl (C=O) groups is 1. The second-order valence-electron chi connectivity index (χ2n) is 6.33. The first kappa shape index (κ1) is 22.1. The van der Waals surface area contributed by atoms with Crippen LogP contribution in [0.25, 0.3) is 0 Å². The van der Waals surface area contributed by atoms with Crippen molar-refractivity contribution in [2.75, 3.05) is 24.5 Å². The molecule has 0 radical (unpaired) electrons. The number of ether oxygens (including phenoxy) is 1. The van der Waals surface area contributed by atoms with Crippen molar-refractivity contribution in [3.8, 4) is 5.75 Å². The Bertz CT molecular complexity index is 1060. The third-order valence-electron chi connectivity index (χ3n) is 4.30. The Morgan fingerprint density at radius 1 is 1.10 bits per heavy atom. The number of carbonyl (C=O) groups excluding carboxylic acids is 1. The van der Waals surface area contributed by atoms with E-state index in [1.165, 1.54) is 22.7 Å². The highest BCUT2D eigenvalue weighted by molar-refractivity contribution is 7.94. The van der Waals surface area contributed by atoms with Gasteiger partial charge < -0.3 is 9.64 Å². The van der Waals surface area contributed by atoms with Crippen molar-refractivity contribution in [1.82, 2.24) is 4.90 Å². The Balaban J connectivity index is 1.61. The van der Waals surface area contributed by atoms with Gasteiger partial charge in [0, 0.05) is 18.5 Å². The molecule has 0 saturated carbocycles. The maximum atomic E-state index is 12.6. The molecule has 158 valence electrons. The van der Waals surface area contributed by atoms with Gasteiger partial charge in [-0.25, -0.2) is 8.42 Å². The molecule has 30 heavy (non-hydrogen) atoms. The fourth-order valence-electron chi connectivity index (χ4n) is 2.67. The van der Waals surface area contributed by atoms with Crippen LogP contribution in [0.15, 0.2) is 76.2 Å². The van der Waals surface area contributed by atoms with E-state index in [2.05, 4.69) is 6.58 Å². The predicted molar refractivity (Wildman–Crippen MR) is 122 cm³/mol. The number of benzene rings is 1. The predicted octanol–water partition coefficient (Wildman–Crippen LogP) is 4.23. The zero-order valence-corrected chi connectivity index (χ0v) is 18.9. The fraction of sp³-hybridized carbons (Fsp3) is 0.190. The van der Waals surface area contributed by atoms with Crippen molar-refractivity contribution in [1.29, 1.82) is 0 Å². The molecule has 0 aliphatic carbocycles. The highest BCUT2D eigenvalue weighted by Crippen LogP contribution is 2.26. The van der Waals surface area contributed by atoms with Crippen LogP contribution in [0.5, 0.6) is 5.75 Å². The summed E-state index contributed by atoms with van der Waals surface area (Å²) in [4.78, 5) is 15.3. The lowest BCUT2D eigenvalue weighted by molar-refractivity contribution is -0.133. The standard InChI is InChI=1S/C21H22N2O4S3/c1-3-12-23(15-19-6-4-13-28-19)20(24)16-27-18-10-8-17(9-11-18)22(2)30(25,26)21-7-5-14-29-21/h3-11,13-14H,1,12,15-16H2,2H3. The third kappa shape index (κ3) is 5.29. The molecule has 3 rings (SSSR count). The molecule has 1 amide bonds. The van der Waals surface area contributed by atoms with Gasteiger partial charge in [-0.1, -0.05) is 18.2 Å². The largest absolute Gasteiger partial charge is 0.484 e. The summed E-state index contributed by atoms with van der Waals surface area (Å²) in [6, 6.07) is 13.8. The highest BCUT2D eigenvalue weighted by Gasteiger charge is 2.22. The van der Waals surface area contributed by atoms with Gasteiger partial charge in [0.1, 0.15) is 9.96 Å². The molecule has 0 N–H and O–H groups in total. The van der Waals surface area contributed by atoms with Crippen molar-refractivity contribution >= 4 is 44.3 Å². The van der Waals surface area contributed by atoms with E-state index in [0.717, 1.165) is 4.88 Å². The van der Waals surface area contributed by atoms with Crippen LogP contribution in [0, 0.1) is 0 Å². The molecule has 0 fully saturated rings. The minimum absolute atomic E-state index is 0.109. The molecule has 0 bridgehead atoms. The number of amides is 1. The molecule has 0 aliphatic heterocycles. The summed E-state index contributed by atoms with van der Waals surface area (Å²) in [7, 11) is -2.08. The summed E-state index contributed by atoms with van der Waals surface area (Å²) in [6.07, 6.45) is 1.68. The van der Waals surface area contributed by atoms with E-state index in [9.17, 15) is 13.2 Å². The van der Waals surface area contributed by atoms with Crippen LogP contribution < -0.4 is 9.04 Å². The van der Waals surface area contributed by atoms with Crippen molar-refractivity contribution in [2.45, 2.75) is 10.8 Å². The maximum Gasteiger partial charge on any atom is 0.273 e. The van der Waals surface area contributed by atoms with Crippen molar-refractivity contribution < 1.29 is 17.9 Å². The van der Waals surface area contributed by atoms with E-state index in [1.807, 2.05) is 17.5 Å². The van der Waals surface area contributed by atoms with Crippen LogP contribution in [-0.4, -0.2) is 39.4 Å². The van der Waals surface area contributed by atoms with E-state index in [4.69, 9.17) is 4.74 Å². The van der Waals surface area contributed by atoms with E-state index < -0.39 is 10.0 Å². The number of thiophene rings is 2. The molecule has 0 unspecified atom stereocenters. The Kier molecular flexibility index (Phi) is 7.30. The molecule has 3 aromatic rings. The van der Waals surface area contributed by atoms with Gasteiger partial charge >= 0.3 is 0 Å². The molecule has 2 heterocycles. The summed E-state index contributed by atoms with van der Waals surface area (Å²) >= 11 is 2.76. The second kappa shape index (κ2) is 9.92. The molecular formula is C21H22N2O4S3. The van der Waals surface area contributed by atoms with Crippen LogP contribution in [0.3, 0.4) is 0 Å². The lowest BCUT2D eigenvalue weighted by atomic mass is 10.3. The zero-order valence-electron chi connectivity index (χ0n) is 16.4. The smallest absolute Gasteiger partial charge is 0.273 e. The first-order valence-electron chi connectivity index (χ1n) is 9.08. The van der Waals surface area contributed by atoms with E-state index in [-0.39, 0.29) is 16.7 Å². The van der Waals surface area contributed by atoms with Gasteiger partial charge in [-0.2, -0.15) is 0 Å². The van der Waals surface area contributed by atoms with Crippen LogP contribution in [-0.2, 0) is 21.4 Å². The number of rotatable bonds is 10. The van der Waals surface area contributed by atoms with Crippen LogP contribution >= 0.6 is 22.7 Å². The SMILES string of the molecule is C=CCN(Cc1cccs1)C(=O)COc1ccc(N(C)S(=O)(=O)c2cccs2)cc1. The number of nitrogens with zero attached hydrogens (tertiary/aromatic N) is 2. The van der Waals surface area contributed by atoms with Gasteiger partial charge in [0.15, 0.2) is 6.61 Å². The maximum absolute atomic E-state index is 12.6. The van der Waals surface area contributed by atoms with Crippen molar-refractivity contribution in [3.05, 3.63) is 76.8 Å². The van der Waals surface area contributed by atoms with Gasteiger partial charge in [0.05, 0.1) is 12.2 Å². The topological polar surface area (TPSA) is 66.9 Å². The average Bonchev–Trinajstić information content (AvgIpc) is 3.46. The molecule has 0 aliphatic rings. The minimum atomic E-state index is -3.59. The highest BCUT2D eigenvalue weighted by atomic mass is 32.2. The number of anilines is 1. The van der Waals surface area contributed by atoms with Gasteiger partial charge in [-0.15, -0.1) is 29.3 Å². The number of sulfonamides is 1. The Labute approximate surface area is 184 Å². The Hall–Kier alpha value is -2.62. The second-order valence-corrected chi connectivity index (χ2v) is 10.5.